The third kappa shape index (κ3) is 4.44. The summed E-state index contributed by atoms with van der Waals surface area (Å²) in [7, 11) is 1.60. The van der Waals surface area contributed by atoms with Crippen molar-refractivity contribution in [1.82, 2.24) is 0 Å². The molecule has 0 bridgehead atoms. The van der Waals surface area contributed by atoms with Gasteiger partial charge in [-0.2, -0.15) is 0 Å². The Balaban J connectivity index is 2.18. The minimum atomic E-state index is -1.61. The van der Waals surface area contributed by atoms with Gasteiger partial charge in [0, 0.05) is 11.6 Å². The standard InChI is InChI=1S/C18H16O5/c1-23-15-7-5-12(6-8-15)9-13-3-2-4-14(10-13)16(19)11-17(20)18(21)22/h2-8,10-11,19H,9H2,1H3,(H,21,22). The molecule has 0 saturated heterocycles. The lowest BCUT2D eigenvalue weighted by Gasteiger charge is -2.06. The van der Waals surface area contributed by atoms with E-state index < -0.39 is 11.8 Å². The second kappa shape index (κ2) is 7.26. The monoisotopic (exact) mass is 312 g/mol. The number of hydrogen-bond acceptors (Lipinski definition) is 4. The fourth-order valence-corrected chi connectivity index (χ4v) is 2.09. The summed E-state index contributed by atoms with van der Waals surface area (Å²) in [5, 5.41) is 18.4. The molecule has 0 aliphatic carbocycles. The summed E-state index contributed by atoms with van der Waals surface area (Å²) in [6, 6.07) is 14.6. The maximum atomic E-state index is 11.1. The van der Waals surface area contributed by atoms with Gasteiger partial charge in [0.15, 0.2) is 0 Å². The molecule has 0 saturated carbocycles. The molecule has 2 aromatic rings. The molecular formula is C18H16O5. The van der Waals surface area contributed by atoms with Gasteiger partial charge < -0.3 is 14.9 Å². The quantitative estimate of drug-likeness (QED) is 0.487. The topological polar surface area (TPSA) is 83.8 Å². The number of hydrogen-bond donors (Lipinski definition) is 2. The summed E-state index contributed by atoms with van der Waals surface area (Å²) in [4.78, 5) is 21.6. The van der Waals surface area contributed by atoms with Gasteiger partial charge in [0.1, 0.15) is 11.5 Å². The lowest BCUT2D eigenvalue weighted by molar-refractivity contribution is -0.146. The number of ether oxygens (including phenoxy) is 1. The van der Waals surface area contributed by atoms with Crippen molar-refractivity contribution in [2.24, 2.45) is 0 Å². The second-order valence-corrected chi connectivity index (χ2v) is 4.92. The molecule has 0 unspecified atom stereocenters. The maximum absolute atomic E-state index is 11.1. The Labute approximate surface area is 133 Å². The number of carboxylic acids is 1. The van der Waals surface area contributed by atoms with Gasteiger partial charge >= 0.3 is 5.97 Å². The predicted molar refractivity (Wildman–Crippen MR) is 85.5 cm³/mol. The molecule has 0 heterocycles. The maximum Gasteiger partial charge on any atom is 0.376 e. The highest BCUT2D eigenvalue weighted by molar-refractivity contribution is 6.38. The van der Waals surface area contributed by atoms with E-state index in [0.717, 1.165) is 16.9 Å². The first-order chi connectivity index (χ1) is 11.0. The van der Waals surface area contributed by atoms with Gasteiger partial charge in [0.2, 0.25) is 0 Å². The first-order valence-corrected chi connectivity index (χ1v) is 6.90. The molecular weight excluding hydrogens is 296 g/mol. The van der Waals surface area contributed by atoms with E-state index in [2.05, 4.69) is 0 Å². The largest absolute Gasteiger partial charge is 0.507 e. The molecule has 0 fully saturated rings. The minimum absolute atomic E-state index is 0.367. The van der Waals surface area contributed by atoms with Crippen LogP contribution in [0.2, 0.25) is 0 Å². The van der Waals surface area contributed by atoms with E-state index in [-0.39, 0.29) is 5.76 Å². The first kappa shape index (κ1) is 16.3. The van der Waals surface area contributed by atoms with Crippen molar-refractivity contribution in [3.05, 3.63) is 71.3 Å². The summed E-state index contributed by atoms with van der Waals surface area (Å²) < 4.78 is 5.11. The number of ketones is 1. The van der Waals surface area contributed by atoms with E-state index in [1.54, 1.807) is 25.3 Å². The van der Waals surface area contributed by atoms with E-state index >= 15 is 0 Å². The SMILES string of the molecule is COc1ccc(Cc2cccc(C(O)=CC(=O)C(=O)O)c2)cc1. The molecule has 118 valence electrons. The zero-order valence-electron chi connectivity index (χ0n) is 12.5. The Hall–Kier alpha value is -3.08. The summed E-state index contributed by atoms with van der Waals surface area (Å²) >= 11 is 0. The third-order valence-electron chi connectivity index (χ3n) is 3.27. The number of carbonyl (C=O) groups excluding carboxylic acids is 1. The summed E-state index contributed by atoms with van der Waals surface area (Å²) in [6.07, 6.45) is 1.34. The summed E-state index contributed by atoms with van der Waals surface area (Å²) in [5.41, 5.74) is 2.38. The molecule has 0 amide bonds. The molecule has 5 heteroatoms. The molecule has 2 N–H and O–H groups in total. The predicted octanol–water partition coefficient (Wildman–Crippen LogP) is 2.84. The minimum Gasteiger partial charge on any atom is -0.507 e. The molecule has 0 aliphatic heterocycles. The van der Waals surface area contributed by atoms with Crippen molar-refractivity contribution in [3.8, 4) is 5.75 Å². The number of carboxylic acid groups (broad SMARTS) is 1. The van der Waals surface area contributed by atoms with Crippen LogP contribution in [0.25, 0.3) is 5.76 Å². The van der Waals surface area contributed by atoms with Gasteiger partial charge in [-0.1, -0.05) is 30.3 Å². The van der Waals surface area contributed by atoms with Gasteiger partial charge in [-0.25, -0.2) is 4.79 Å². The number of rotatable bonds is 6. The van der Waals surface area contributed by atoms with E-state index in [1.165, 1.54) is 0 Å². The number of aliphatic hydroxyl groups is 1. The highest BCUT2D eigenvalue weighted by Gasteiger charge is 2.10. The van der Waals surface area contributed by atoms with Crippen molar-refractivity contribution in [2.75, 3.05) is 7.11 Å². The van der Waals surface area contributed by atoms with Crippen LogP contribution < -0.4 is 4.74 Å². The van der Waals surface area contributed by atoms with E-state index in [0.29, 0.717) is 18.1 Å². The van der Waals surface area contributed by atoms with E-state index in [9.17, 15) is 14.7 Å². The summed E-state index contributed by atoms with van der Waals surface area (Å²) in [5.74, 6) is -2.36. The normalized spacial score (nSPS) is 11.1. The molecule has 5 nitrogen and oxygen atoms in total. The molecule has 23 heavy (non-hydrogen) atoms. The van der Waals surface area contributed by atoms with Crippen LogP contribution in [0.5, 0.6) is 5.75 Å². The molecule has 0 atom stereocenters. The number of aliphatic hydroxyl groups excluding tert-OH is 1. The summed E-state index contributed by atoms with van der Waals surface area (Å²) in [6.45, 7) is 0. The van der Waals surface area contributed by atoms with Crippen molar-refractivity contribution >= 4 is 17.5 Å². The Morgan fingerprint density at radius 2 is 1.74 bits per heavy atom. The zero-order valence-corrected chi connectivity index (χ0v) is 12.5. The molecule has 0 radical (unpaired) electrons. The Kier molecular flexibility index (Phi) is 5.15. The average molecular weight is 312 g/mol. The van der Waals surface area contributed by atoms with Crippen molar-refractivity contribution in [1.29, 1.82) is 0 Å². The van der Waals surface area contributed by atoms with Crippen LogP contribution in [0.1, 0.15) is 16.7 Å². The van der Waals surface area contributed by atoms with E-state index in [4.69, 9.17) is 9.84 Å². The van der Waals surface area contributed by atoms with Crippen LogP contribution in [-0.4, -0.2) is 29.1 Å². The number of benzene rings is 2. The van der Waals surface area contributed by atoms with Crippen LogP contribution >= 0.6 is 0 Å². The lowest BCUT2D eigenvalue weighted by Crippen LogP contribution is -2.09. The Morgan fingerprint density at radius 3 is 2.35 bits per heavy atom. The molecule has 2 rings (SSSR count). The van der Waals surface area contributed by atoms with Crippen LogP contribution in [0.3, 0.4) is 0 Å². The highest BCUT2D eigenvalue weighted by atomic mass is 16.5. The molecule has 2 aromatic carbocycles. The average Bonchev–Trinajstić information content (AvgIpc) is 2.55. The Bertz CT molecular complexity index is 744. The lowest BCUT2D eigenvalue weighted by atomic mass is 10.0. The van der Waals surface area contributed by atoms with Crippen molar-refractivity contribution < 1.29 is 24.5 Å². The fraction of sp³-hybridized carbons (Fsp3) is 0.111. The van der Waals surface area contributed by atoms with Gasteiger partial charge in [0.05, 0.1) is 7.11 Å². The second-order valence-electron chi connectivity index (χ2n) is 4.92. The van der Waals surface area contributed by atoms with E-state index in [1.807, 2.05) is 30.3 Å². The Morgan fingerprint density at radius 1 is 1.04 bits per heavy atom. The van der Waals surface area contributed by atoms with Gasteiger partial charge in [-0.15, -0.1) is 0 Å². The molecule has 0 aromatic heterocycles. The van der Waals surface area contributed by atoms with Crippen LogP contribution in [0, 0.1) is 0 Å². The van der Waals surface area contributed by atoms with Gasteiger partial charge in [0.25, 0.3) is 5.78 Å². The highest BCUT2D eigenvalue weighted by Crippen LogP contribution is 2.18. The van der Waals surface area contributed by atoms with Crippen molar-refractivity contribution in [2.45, 2.75) is 6.42 Å². The van der Waals surface area contributed by atoms with Gasteiger partial charge in [-0.05, 0) is 35.7 Å². The first-order valence-electron chi connectivity index (χ1n) is 6.90. The van der Waals surface area contributed by atoms with Gasteiger partial charge in [-0.3, -0.25) is 4.79 Å². The fourth-order valence-electron chi connectivity index (χ4n) is 2.09. The van der Waals surface area contributed by atoms with Crippen LogP contribution in [0.15, 0.2) is 54.6 Å². The molecule has 0 spiro atoms. The van der Waals surface area contributed by atoms with Crippen LogP contribution in [-0.2, 0) is 16.0 Å². The zero-order chi connectivity index (χ0) is 16.8. The van der Waals surface area contributed by atoms with Crippen LogP contribution in [0.4, 0.5) is 0 Å². The molecule has 0 aliphatic rings. The number of carbonyl (C=O) groups is 2. The third-order valence-corrected chi connectivity index (χ3v) is 3.27. The smallest absolute Gasteiger partial charge is 0.376 e. The number of aliphatic carboxylic acids is 1. The van der Waals surface area contributed by atoms with Crippen molar-refractivity contribution in [3.63, 3.8) is 0 Å². The number of methoxy groups -OCH3 is 1.